The van der Waals surface area contributed by atoms with Gasteiger partial charge in [0.05, 0.1) is 12.2 Å². The van der Waals surface area contributed by atoms with Crippen molar-refractivity contribution in [2.24, 2.45) is 10.9 Å². The number of aromatic amines is 2. The molecule has 0 amide bonds. The lowest BCUT2D eigenvalue weighted by atomic mass is 10.2. The van der Waals surface area contributed by atoms with E-state index in [1.165, 1.54) is 12.8 Å². The lowest BCUT2D eigenvalue weighted by molar-refractivity contribution is 0.454. The van der Waals surface area contributed by atoms with E-state index in [0.29, 0.717) is 33.1 Å². The first kappa shape index (κ1) is 19.4. The highest BCUT2D eigenvalue weighted by Gasteiger charge is 2.27. The van der Waals surface area contributed by atoms with E-state index >= 15 is 0 Å². The third-order valence-electron chi connectivity index (χ3n) is 5.25. The van der Waals surface area contributed by atoms with Gasteiger partial charge in [-0.3, -0.25) is 9.98 Å². The Bertz CT molecular complexity index is 1450. The van der Waals surface area contributed by atoms with E-state index < -0.39 is 5.69 Å². The first-order chi connectivity index (χ1) is 15.0. The summed E-state index contributed by atoms with van der Waals surface area (Å²) in [4.78, 5) is 25.9. The number of hydrogen-bond acceptors (Lipinski definition) is 6. The minimum absolute atomic E-state index is 0.173. The normalized spacial score (nSPS) is 16.2. The van der Waals surface area contributed by atoms with Crippen LogP contribution in [-0.4, -0.2) is 35.7 Å². The van der Waals surface area contributed by atoms with Crippen molar-refractivity contribution in [2.45, 2.75) is 25.8 Å². The van der Waals surface area contributed by atoms with E-state index in [2.05, 4.69) is 27.3 Å². The number of benzene rings is 1. The van der Waals surface area contributed by atoms with Crippen LogP contribution in [0.15, 0.2) is 46.3 Å². The van der Waals surface area contributed by atoms with Crippen LogP contribution in [0.2, 0.25) is 5.02 Å². The van der Waals surface area contributed by atoms with Crippen molar-refractivity contribution in [1.82, 2.24) is 24.6 Å². The maximum absolute atomic E-state index is 11.5. The highest BCUT2D eigenvalue weighted by molar-refractivity contribution is 6.30. The van der Waals surface area contributed by atoms with Gasteiger partial charge in [0.2, 0.25) is 5.88 Å². The van der Waals surface area contributed by atoms with E-state index in [9.17, 15) is 9.90 Å². The zero-order valence-corrected chi connectivity index (χ0v) is 17.4. The summed E-state index contributed by atoms with van der Waals surface area (Å²) in [6.45, 7) is 2.10. The Labute approximate surface area is 181 Å². The monoisotopic (exact) mass is 437 g/mol. The average Bonchev–Trinajstić information content (AvgIpc) is 3.42. The molecule has 5 rings (SSSR count). The molecule has 0 aliphatic heterocycles. The van der Waals surface area contributed by atoms with Crippen molar-refractivity contribution in [3.8, 4) is 5.88 Å². The molecule has 1 aromatic carbocycles. The molecule has 0 radical (unpaired) electrons. The molecule has 4 N–H and O–H groups in total. The third-order valence-corrected chi connectivity index (χ3v) is 5.49. The van der Waals surface area contributed by atoms with Gasteiger partial charge in [-0.15, -0.1) is 0 Å². The molecule has 10 heteroatoms. The van der Waals surface area contributed by atoms with Crippen LogP contribution in [0.3, 0.4) is 0 Å². The van der Waals surface area contributed by atoms with Gasteiger partial charge in [-0.05, 0) is 50.0 Å². The van der Waals surface area contributed by atoms with Gasteiger partial charge in [-0.2, -0.15) is 9.61 Å². The maximum Gasteiger partial charge on any atom is 0.326 e. The first-order valence-corrected chi connectivity index (χ1v) is 10.3. The van der Waals surface area contributed by atoms with Gasteiger partial charge in [0.15, 0.2) is 11.1 Å². The van der Waals surface area contributed by atoms with E-state index in [4.69, 9.17) is 21.6 Å². The fourth-order valence-electron chi connectivity index (χ4n) is 3.48. The second-order valence-electron chi connectivity index (χ2n) is 7.66. The Hall–Kier alpha value is -3.59. The van der Waals surface area contributed by atoms with Crippen LogP contribution in [-0.2, 0) is 0 Å². The lowest BCUT2D eigenvalue weighted by Gasteiger charge is -2.08. The summed E-state index contributed by atoms with van der Waals surface area (Å²) < 4.78 is 1.66. The molecule has 1 unspecified atom stereocenters. The van der Waals surface area contributed by atoms with Crippen molar-refractivity contribution < 1.29 is 5.11 Å². The van der Waals surface area contributed by atoms with Gasteiger partial charge in [0.1, 0.15) is 11.5 Å². The van der Waals surface area contributed by atoms with Crippen LogP contribution < -0.4 is 21.7 Å². The average molecular weight is 438 g/mol. The molecule has 1 fully saturated rings. The SMILES string of the molecule is CC(N=c1cc(Nc2cccc(Cl)c2)nc2c(=Cc3[nH]c(=O)[nH]c3O)cnn12)C1CC1. The number of nitrogens with one attached hydrogen (secondary N) is 3. The Morgan fingerprint density at radius 1 is 1.35 bits per heavy atom. The van der Waals surface area contributed by atoms with Gasteiger partial charge < -0.3 is 15.4 Å². The van der Waals surface area contributed by atoms with Crippen molar-refractivity contribution in [2.75, 3.05) is 5.32 Å². The highest BCUT2D eigenvalue weighted by Crippen LogP contribution is 2.33. The zero-order chi connectivity index (χ0) is 21.5. The Kier molecular flexibility index (Phi) is 4.74. The predicted octanol–water partition coefficient (Wildman–Crippen LogP) is 2.10. The van der Waals surface area contributed by atoms with Gasteiger partial charge in [0, 0.05) is 22.0 Å². The quantitative estimate of drug-likeness (QED) is 0.380. The number of imidazole rings is 1. The fraction of sp³-hybridized carbons (Fsp3) is 0.238. The summed E-state index contributed by atoms with van der Waals surface area (Å²) in [5.41, 5.74) is 1.75. The molecule has 3 heterocycles. The van der Waals surface area contributed by atoms with Crippen molar-refractivity contribution in [1.29, 1.82) is 0 Å². The second-order valence-corrected chi connectivity index (χ2v) is 8.10. The number of aromatic hydroxyl groups is 1. The summed E-state index contributed by atoms with van der Waals surface area (Å²) in [6, 6.07) is 9.38. The van der Waals surface area contributed by atoms with Gasteiger partial charge >= 0.3 is 5.69 Å². The maximum atomic E-state index is 11.5. The van der Waals surface area contributed by atoms with Crippen molar-refractivity contribution >= 4 is 34.8 Å². The molecule has 1 atom stereocenters. The molecule has 0 spiro atoms. The Morgan fingerprint density at radius 3 is 2.90 bits per heavy atom. The summed E-state index contributed by atoms with van der Waals surface area (Å²) in [5, 5.41) is 18.9. The van der Waals surface area contributed by atoms with Crippen LogP contribution in [0.25, 0.3) is 11.7 Å². The summed E-state index contributed by atoms with van der Waals surface area (Å²) >= 11 is 6.11. The molecule has 158 valence electrons. The smallest absolute Gasteiger partial charge is 0.326 e. The number of anilines is 2. The molecule has 3 aromatic heterocycles. The summed E-state index contributed by atoms with van der Waals surface area (Å²) in [6.07, 6.45) is 5.60. The van der Waals surface area contributed by atoms with Crippen LogP contribution >= 0.6 is 11.6 Å². The number of hydrogen-bond donors (Lipinski definition) is 4. The number of H-pyrrole nitrogens is 2. The largest absolute Gasteiger partial charge is 0.493 e. The summed E-state index contributed by atoms with van der Waals surface area (Å²) in [7, 11) is 0. The molecule has 1 saturated carbocycles. The molecule has 31 heavy (non-hydrogen) atoms. The van der Waals surface area contributed by atoms with Crippen LogP contribution in [0, 0.1) is 5.92 Å². The minimum Gasteiger partial charge on any atom is -0.493 e. The fourth-order valence-corrected chi connectivity index (χ4v) is 3.67. The molecule has 9 nitrogen and oxygen atoms in total. The van der Waals surface area contributed by atoms with Crippen molar-refractivity contribution in [3.63, 3.8) is 0 Å². The Morgan fingerprint density at radius 2 is 2.19 bits per heavy atom. The standard InChI is InChI=1S/C21H20ClN7O2/c1-11(12-5-6-12)24-18-9-17(25-15-4-2-3-14(22)8-15)27-19-13(10-23-29(18)19)7-16-20(30)28-21(31)26-16/h2-4,7-12,25,30H,5-6H2,1H3,(H2,26,28,31). The number of nitrogens with zero attached hydrogens (tertiary/aromatic N) is 4. The molecule has 0 bridgehead atoms. The predicted molar refractivity (Wildman–Crippen MR) is 117 cm³/mol. The van der Waals surface area contributed by atoms with Gasteiger partial charge in [0.25, 0.3) is 0 Å². The molecule has 4 aromatic rings. The topological polar surface area (TPSA) is 123 Å². The van der Waals surface area contributed by atoms with E-state index in [0.717, 1.165) is 5.69 Å². The number of fused-ring (bicyclic) bond motifs is 1. The lowest BCUT2D eigenvalue weighted by Crippen LogP contribution is -2.22. The second kappa shape index (κ2) is 7.59. The Balaban J connectivity index is 1.68. The van der Waals surface area contributed by atoms with E-state index in [1.807, 2.05) is 24.3 Å². The number of aromatic nitrogens is 5. The molecule has 1 aliphatic rings. The van der Waals surface area contributed by atoms with E-state index in [-0.39, 0.29) is 17.6 Å². The molecular formula is C21H20ClN7O2. The molecular weight excluding hydrogens is 418 g/mol. The molecule has 1 aliphatic carbocycles. The third kappa shape index (κ3) is 4.04. The summed E-state index contributed by atoms with van der Waals surface area (Å²) in [5.74, 6) is 0.930. The first-order valence-electron chi connectivity index (χ1n) is 9.94. The number of rotatable bonds is 5. The van der Waals surface area contributed by atoms with Gasteiger partial charge in [-0.25, -0.2) is 9.78 Å². The van der Waals surface area contributed by atoms with Gasteiger partial charge in [-0.1, -0.05) is 17.7 Å². The number of halogens is 1. The minimum atomic E-state index is -0.495. The zero-order valence-electron chi connectivity index (χ0n) is 16.6. The van der Waals surface area contributed by atoms with Crippen LogP contribution in [0.1, 0.15) is 25.5 Å². The van der Waals surface area contributed by atoms with Crippen LogP contribution in [0.5, 0.6) is 5.88 Å². The molecule has 0 saturated heterocycles. The van der Waals surface area contributed by atoms with E-state index in [1.54, 1.807) is 22.9 Å². The van der Waals surface area contributed by atoms with Crippen LogP contribution in [0.4, 0.5) is 11.5 Å². The van der Waals surface area contributed by atoms with Crippen molar-refractivity contribution in [3.05, 3.63) is 68.4 Å². The highest BCUT2D eigenvalue weighted by atomic mass is 35.5.